The number of carbonyl (C=O) groups excluding carboxylic acids is 2. The van der Waals surface area contributed by atoms with E-state index in [0.717, 1.165) is 44.7 Å². The number of nitrogen functional groups attached to an aromatic ring is 1. The van der Waals surface area contributed by atoms with Gasteiger partial charge < -0.3 is 25.8 Å². The van der Waals surface area contributed by atoms with Crippen molar-refractivity contribution in [2.24, 2.45) is 0 Å². The lowest BCUT2D eigenvalue weighted by Crippen LogP contribution is -2.45. The molecule has 1 saturated heterocycles. The van der Waals surface area contributed by atoms with E-state index < -0.39 is 0 Å². The predicted molar refractivity (Wildman–Crippen MR) is 143 cm³/mol. The first-order valence-electron chi connectivity index (χ1n) is 11.9. The zero-order valence-electron chi connectivity index (χ0n) is 20.4. The van der Waals surface area contributed by atoms with Crippen LogP contribution in [0.4, 0.5) is 21.3 Å². The van der Waals surface area contributed by atoms with E-state index in [4.69, 9.17) is 5.73 Å². The molecule has 2 aromatic heterocycles. The number of rotatable bonds is 9. The van der Waals surface area contributed by atoms with Crippen LogP contribution in [0.15, 0.2) is 54.2 Å². The topological polar surface area (TPSA) is 120 Å². The molecule has 0 spiro atoms. The van der Waals surface area contributed by atoms with Crippen LogP contribution in [0.5, 0.6) is 0 Å². The first-order valence-corrected chi connectivity index (χ1v) is 12.8. The van der Waals surface area contributed by atoms with Crippen LogP contribution in [-0.2, 0) is 6.54 Å². The summed E-state index contributed by atoms with van der Waals surface area (Å²) in [5, 5.41) is 8.04. The van der Waals surface area contributed by atoms with Crippen LogP contribution in [0.2, 0.25) is 0 Å². The number of urea groups is 1. The highest BCUT2D eigenvalue weighted by molar-refractivity contribution is 7.13. The van der Waals surface area contributed by atoms with Crippen molar-refractivity contribution in [3.05, 3.63) is 65.4 Å². The van der Waals surface area contributed by atoms with Gasteiger partial charge in [0.05, 0.1) is 11.4 Å². The normalized spacial score (nSPS) is 14.4. The molecule has 36 heavy (non-hydrogen) atoms. The molecule has 1 aliphatic rings. The van der Waals surface area contributed by atoms with E-state index in [2.05, 4.69) is 37.4 Å². The summed E-state index contributed by atoms with van der Waals surface area (Å²) in [5.41, 5.74) is 8.04. The number of para-hydroxylation sites is 2. The van der Waals surface area contributed by atoms with E-state index in [1.54, 1.807) is 47.6 Å². The fraction of sp³-hybridized carbons (Fsp3) is 0.360. The Hall–Kier alpha value is -3.54. The number of amides is 3. The van der Waals surface area contributed by atoms with Crippen molar-refractivity contribution in [2.45, 2.75) is 13.0 Å². The van der Waals surface area contributed by atoms with Crippen molar-refractivity contribution in [1.29, 1.82) is 0 Å². The number of hydrogen-bond donors (Lipinski definition) is 3. The maximum absolute atomic E-state index is 13.0. The second-order valence-electron chi connectivity index (χ2n) is 8.78. The van der Waals surface area contributed by atoms with Crippen LogP contribution in [0, 0.1) is 0 Å². The van der Waals surface area contributed by atoms with Crippen molar-refractivity contribution in [2.75, 3.05) is 62.7 Å². The molecular weight excluding hydrogens is 476 g/mol. The summed E-state index contributed by atoms with van der Waals surface area (Å²) in [5.74, 6) is -0.343. The molecule has 4 rings (SSSR count). The summed E-state index contributed by atoms with van der Waals surface area (Å²) in [7, 11) is 2.14. The molecule has 0 atom stereocenters. The molecule has 0 radical (unpaired) electrons. The fourth-order valence-corrected chi connectivity index (χ4v) is 4.45. The van der Waals surface area contributed by atoms with Gasteiger partial charge in [0.1, 0.15) is 5.69 Å². The van der Waals surface area contributed by atoms with E-state index in [1.165, 1.54) is 11.3 Å². The van der Waals surface area contributed by atoms with Gasteiger partial charge >= 0.3 is 6.03 Å². The Labute approximate surface area is 215 Å². The zero-order valence-corrected chi connectivity index (χ0v) is 21.2. The third kappa shape index (κ3) is 7.23. The van der Waals surface area contributed by atoms with E-state index in [9.17, 15) is 9.59 Å². The summed E-state index contributed by atoms with van der Waals surface area (Å²) < 4.78 is 0. The Kier molecular flexibility index (Phi) is 8.82. The van der Waals surface area contributed by atoms with Crippen LogP contribution >= 0.6 is 11.3 Å². The molecule has 10 nitrogen and oxygen atoms in total. The van der Waals surface area contributed by atoms with Crippen LogP contribution in [-0.4, -0.2) is 82.9 Å². The smallest absolute Gasteiger partial charge is 0.323 e. The summed E-state index contributed by atoms with van der Waals surface area (Å²) in [4.78, 5) is 40.6. The SMILES string of the molecule is CN1CCN(CCCN(Cc2ccc(C(=O)Nc3ccccc3N)nc2)C(=O)Nc2nccs2)CC1. The third-order valence-electron chi connectivity index (χ3n) is 6.07. The van der Waals surface area contributed by atoms with Crippen LogP contribution < -0.4 is 16.4 Å². The first kappa shape index (κ1) is 25.5. The number of benzene rings is 1. The molecule has 0 bridgehead atoms. The summed E-state index contributed by atoms with van der Waals surface area (Å²) in [6.45, 7) is 6.13. The number of hydrogen-bond acceptors (Lipinski definition) is 8. The van der Waals surface area contributed by atoms with Gasteiger partial charge in [-0.15, -0.1) is 11.3 Å². The predicted octanol–water partition coefficient (Wildman–Crippen LogP) is 3.04. The monoisotopic (exact) mass is 508 g/mol. The Morgan fingerprint density at radius 1 is 1.08 bits per heavy atom. The van der Waals surface area contributed by atoms with Crippen molar-refractivity contribution in [3.63, 3.8) is 0 Å². The number of nitrogens with two attached hydrogens (primary N) is 1. The van der Waals surface area contributed by atoms with Crippen LogP contribution in [0.25, 0.3) is 0 Å². The molecule has 3 heterocycles. The number of carbonyl (C=O) groups is 2. The molecule has 0 aliphatic carbocycles. The third-order valence-corrected chi connectivity index (χ3v) is 6.76. The molecule has 3 aromatic rings. The van der Waals surface area contributed by atoms with Gasteiger partial charge in [-0.3, -0.25) is 15.1 Å². The summed E-state index contributed by atoms with van der Waals surface area (Å²) >= 11 is 1.38. The number of aromatic nitrogens is 2. The number of thiazole rings is 1. The van der Waals surface area contributed by atoms with Gasteiger partial charge in [-0.25, -0.2) is 9.78 Å². The van der Waals surface area contributed by atoms with Gasteiger partial charge in [0.25, 0.3) is 5.91 Å². The van der Waals surface area contributed by atoms with E-state index in [-0.39, 0.29) is 17.6 Å². The standard InChI is InChI=1S/C25H32N8O2S/c1-31-12-14-32(15-13-31)10-4-11-33(25(35)30-24-27-9-16-36-24)18-19-7-8-22(28-17-19)23(34)29-21-6-3-2-5-20(21)26/h2-3,5-9,16-17H,4,10-15,18,26H2,1H3,(H,29,34)(H,27,30,35). The maximum atomic E-state index is 13.0. The lowest BCUT2D eigenvalue weighted by molar-refractivity contribution is 0.102. The Balaban J connectivity index is 1.36. The van der Waals surface area contributed by atoms with Gasteiger partial charge in [-0.1, -0.05) is 18.2 Å². The molecule has 1 aromatic carbocycles. The molecule has 1 aliphatic heterocycles. The number of likely N-dealkylation sites (N-methyl/N-ethyl adjacent to an activating group) is 1. The van der Waals surface area contributed by atoms with Gasteiger partial charge in [0, 0.05) is 57.0 Å². The number of nitrogens with one attached hydrogen (secondary N) is 2. The maximum Gasteiger partial charge on any atom is 0.323 e. The van der Waals surface area contributed by atoms with E-state index >= 15 is 0 Å². The Morgan fingerprint density at radius 3 is 2.58 bits per heavy atom. The fourth-order valence-electron chi connectivity index (χ4n) is 3.93. The number of nitrogens with zero attached hydrogens (tertiary/aromatic N) is 5. The van der Waals surface area contributed by atoms with E-state index in [1.807, 2.05) is 11.4 Å². The second-order valence-corrected chi connectivity index (χ2v) is 9.68. The van der Waals surface area contributed by atoms with Crippen molar-refractivity contribution in [1.82, 2.24) is 24.7 Å². The van der Waals surface area contributed by atoms with Crippen LogP contribution in [0.1, 0.15) is 22.5 Å². The first-order chi connectivity index (χ1) is 17.5. The van der Waals surface area contributed by atoms with Gasteiger partial charge in [0.2, 0.25) is 0 Å². The van der Waals surface area contributed by atoms with Gasteiger partial charge in [-0.2, -0.15) is 0 Å². The van der Waals surface area contributed by atoms with Crippen molar-refractivity contribution >= 4 is 39.8 Å². The summed E-state index contributed by atoms with van der Waals surface area (Å²) in [6.07, 6.45) is 4.16. The minimum absolute atomic E-state index is 0.204. The van der Waals surface area contributed by atoms with E-state index in [0.29, 0.717) is 29.6 Å². The number of pyridine rings is 1. The highest BCUT2D eigenvalue weighted by atomic mass is 32.1. The largest absolute Gasteiger partial charge is 0.397 e. The lowest BCUT2D eigenvalue weighted by atomic mass is 10.2. The minimum Gasteiger partial charge on any atom is -0.397 e. The van der Waals surface area contributed by atoms with Crippen molar-refractivity contribution < 1.29 is 9.59 Å². The molecule has 3 amide bonds. The molecule has 4 N–H and O–H groups in total. The summed E-state index contributed by atoms with van der Waals surface area (Å²) in [6, 6.07) is 10.3. The molecule has 0 saturated carbocycles. The highest BCUT2D eigenvalue weighted by Crippen LogP contribution is 2.18. The Bertz CT molecular complexity index is 1130. The molecule has 11 heteroatoms. The van der Waals surface area contributed by atoms with Gasteiger partial charge in [-0.05, 0) is 43.8 Å². The van der Waals surface area contributed by atoms with Gasteiger partial charge in [0.15, 0.2) is 5.13 Å². The average molecular weight is 509 g/mol. The molecule has 190 valence electrons. The zero-order chi connectivity index (χ0) is 25.3. The lowest BCUT2D eigenvalue weighted by Gasteiger charge is -2.33. The molecular formula is C25H32N8O2S. The molecule has 0 unspecified atom stereocenters. The minimum atomic E-state index is -0.343. The quantitative estimate of drug-likeness (QED) is 0.380. The highest BCUT2D eigenvalue weighted by Gasteiger charge is 2.18. The number of piperazine rings is 1. The second kappa shape index (κ2) is 12.4. The number of anilines is 3. The van der Waals surface area contributed by atoms with Crippen molar-refractivity contribution in [3.8, 4) is 0 Å². The average Bonchev–Trinajstić information content (AvgIpc) is 3.39. The Morgan fingerprint density at radius 2 is 1.89 bits per heavy atom. The molecule has 1 fully saturated rings. The van der Waals surface area contributed by atoms with Crippen LogP contribution in [0.3, 0.4) is 0 Å².